The molecule has 0 amide bonds. The first-order valence-electron chi connectivity index (χ1n) is 4.14. The van der Waals surface area contributed by atoms with E-state index in [2.05, 4.69) is 16.6 Å². The molecule has 1 heterocycles. The lowest BCUT2D eigenvalue weighted by Crippen LogP contribution is -2.31. The number of nitrogens with one attached hydrogen (secondary N) is 1. The minimum atomic E-state index is -0.132. The fourth-order valence-corrected chi connectivity index (χ4v) is 1.03. The molecule has 1 N–H and O–H groups in total. The molecule has 1 aliphatic rings. The Morgan fingerprint density at radius 1 is 1.75 bits per heavy atom. The second kappa shape index (κ2) is 6.85. The third-order valence-corrected chi connectivity index (χ3v) is 1.55. The van der Waals surface area contributed by atoms with Crippen LogP contribution in [0.15, 0.2) is 12.7 Å². The van der Waals surface area contributed by atoms with Crippen LogP contribution in [0.25, 0.3) is 0 Å². The van der Waals surface area contributed by atoms with E-state index in [0.717, 1.165) is 19.4 Å². The summed E-state index contributed by atoms with van der Waals surface area (Å²) in [5.74, 6) is -0.132. The van der Waals surface area contributed by atoms with Crippen molar-refractivity contribution in [2.24, 2.45) is 0 Å². The van der Waals surface area contributed by atoms with Crippen LogP contribution in [0.4, 0.5) is 0 Å². The SMILES string of the molecule is C=CC.COC(=O)C1CCCN1. The molecule has 0 aromatic carbocycles. The number of hydrogen-bond acceptors (Lipinski definition) is 3. The Hall–Kier alpha value is -0.830. The summed E-state index contributed by atoms with van der Waals surface area (Å²) in [5.41, 5.74) is 0. The van der Waals surface area contributed by atoms with Crippen molar-refractivity contribution in [3.05, 3.63) is 12.7 Å². The minimum Gasteiger partial charge on any atom is -0.468 e. The molecule has 3 heteroatoms. The maximum Gasteiger partial charge on any atom is 0.322 e. The van der Waals surface area contributed by atoms with Crippen molar-refractivity contribution >= 4 is 5.97 Å². The van der Waals surface area contributed by atoms with Gasteiger partial charge in [0.25, 0.3) is 0 Å². The highest BCUT2D eigenvalue weighted by molar-refractivity contribution is 5.75. The molecule has 0 aromatic heterocycles. The van der Waals surface area contributed by atoms with Crippen LogP contribution in [0.3, 0.4) is 0 Å². The van der Waals surface area contributed by atoms with Gasteiger partial charge in [0.15, 0.2) is 0 Å². The smallest absolute Gasteiger partial charge is 0.322 e. The number of esters is 1. The Morgan fingerprint density at radius 3 is 2.67 bits per heavy atom. The molecule has 1 atom stereocenters. The fourth-order valence-electron chi connectivity index (χ4n) is 1.03. The molecule has 0 radical (unpaired) electrons. The Bertz CT molecular complexity index is 139. The molecule has 70 valence electrons. The van der Waals surface area contributed by atoms with E-state index in [0.29, 0.717) is 0 Å². The highest BCUT2D eigenvalue weighted by Crippen LogP contribution is 2.05. The van der Waals surface area contributed by atoms with Crippen LogP contribution in [-0.4, -0.2) is 25.7 Å². The minimum absolute atomic E-state index is 0.0324. The van der Waals surface area contributed by atoms with Gasteiger partial charge in [0.05, 0.1) is 7.11 Å². The molecule has 0 saturated carbocycles. The Morgan fingerprint density at radius 2 is 2.33 bits per heavy atom. The van der Waals surface area contributed by atoms with Crippen molar-refractivity contribution in [1.82, 2.24) is 5.32 Å². The highest BCUT2D eigenvalue weighted by Gasteiger charge is 2.21. The van der Waals surface area contributed by atoms with Crippen LogP contribution in [0.1, 0.15) is 19.8 Å². The quantitative estimate of drug-likeness (QED) is 0.474. The first kappa shape index (κ1) is 11.2. The number of carbonyl (C=O) groups excluding carboxylic acids is 1. The van der Waals surface area contributed by atoms with Crippen molar-refractivity contribution in [3.8, 4) is 0 Å². The van der Waals surface area contributed by atoms with Crippen molar-refractivity contribution in [3.63, 3.8) is 0 Å². The Kier molecular flexibility index (Phi) is 6.38. The summed E-state index contributed by atoms with van der Waals surface area (Å²) < 4.78 is 4.53. The summed E-state index contributed by atoms with van der Waals surface area (Å²) in [6, 6.07) is -0.0324. The number of hydrogen-bond donors (Lipinski definition) is 1. The molecule has 1 rings (SSSR count). The number of allylic oxidation sites excluding steroid dienone is 1. The van der Waals surface area contributed by atoms with Gasteiger partial charge in [-0.05, 0) is 26.3 Å². The zero-order valence-electron chi connectivity index (χ0n) is 7.80. The fraction of sp³-hybridized carbons (Fsp3) is 0.667. The predicted molar refractivity (Wildman–Crippen MR) is 48.9 cm³/mol. The number of methoxy groups -OCH3 is 1. The summed E-state index contributed by atoms with van der Waals surface area (Å²) >= 11 is 0. The zero-order valence-corrected chi connectivity index (χ0v) is 7.80. The van der Waals surface area contributed by atoms with Crippen LogP contribution >= 0.6 is 0 Å². The van der Waals surface area contributed by atoms with Gasteiger partial charge in [0.1, 0.15) is 6.04 Å². The Labute approximate surface area is 73.8 Å². The molecule has 0 aromatic rings. The zero-order chi connectivity index (χ0) is 9.40. The molecule has 1 unspecified atom stereocenters. The van der Waals surface area contributed by atoms with Gasteiger partial charge >= 0.3 is 5.97 Å². The highest BCUT2D eigenvalue weighted by atomic mass is 16.5. The third kappa shape index (κ3) is 4.13. The van der Waals surface area contributed by atoms with E-state index in [-0.39, 0.29) is 12.0 Å². The molecule has 0 aliphatic carbocycles. The van der Waals surface area contributed by atoms with Crippen molar-refractivity contribution in [2.45, 2.75) is 25.8 Å². The van der Waals surface area contributed by atoms with Gasteiger partial charge in [0, 0.05) is 0 Å². The Balaban J connectivity index is 0.000000354. The molecule has 1 aliphatic heterocycles. The third-order valence-electron chi connectivity index (χ3n) is 1.55. The van der Waals surface area contributed by atoms with Crippen LogP contribution in [0.5, 0.6) is 0 Å². The predicted octanol–water partition coefficient (Wildman–Crippen LogP) is 1.10. The van der Waals surface area contributed by atoms with Crippen LogP contribution in [0, 0.1) is 0 Å². The van der Waals surface area contributed by atoms with E-state index in [1.807, 2.05) is 6.92 Å². The summed E-state index contributed by atoms with van der Waals surface area (Å²) in [6.07, 6.45) is 3.76. The standard InChI is InChI=1S/C6H11NO2.C3H6/c1-9-6(8)5-3-2-4-7-5;1-3-2/h5,7H,2-4H2,1H3;3H,1H2,2H3. The van der Waals surface area contributed by atoms with E-state index in [4.69, 9.17) is 0 Å². The lowest BCUT2D eigenvalue weighted by atomic mass is 10.2. The second-order valence-electron chi connectivity index (χ2n) is 2.58. The molecule has 1 fully saturated rings. The van der Waals surface area contributed by atoms with Crippen molar-refractivity contribution in [2.75, 3.05) is 13.7 Å². The number of ether oxygens (including phenoxy) is 1. The van der Waals surface area contributed by atoms with E-state index < -0.39 is 0 Å². The molecule has 12 heavy (non-hydrogen) atoms. The maximum atomic E-state index is 10.7. The number of carbonyl (C=O) groups is 1. The van der Waals surface area contributed by atoms with Gasteiger partial charge in [-0.1, -0.05) is 6.08 Å². The first-order valence-corrected chi connectivity index (χ1v) is 4.14. The van der Waals surface area contributed by atoms with Crippen LogP contribution in [-0.2, 0) is 9.53 Å². The van der Waals surface area contributed by atoms with E-state index >= 15 is 0 Å². The summed E-state index contributed by atoms with van der Waals surface area (Å²) in [4.78, 5) is 10.7. The topological polar surface area (TPSA) is 38.3 Å². The van der Waals surface area contributed by atoms with Crippen LogP contribution < -0.4 is 5.32 Å². The van der Waals surface area contributed by atoms with Crippen molar-refractivity contribution < 1.29 is 9.53 Å². The first-order chi connectivity index (χ1) is 5.76. The van der Waals surface area contributed by atoms with Gasteiger partial charge in [0.2, 0.25) is 0 Å². The molecular formula is C9H17NO2. The normalized spacial score (nSPS) is 20.7. The summed E-state index contributed by atoms with van der Waals surface area (Å²) in [5, 5.41) is 3.03. The molecular weight excluding hydrogens is 154 g/mol. The molecule has 0 spiro atoms. The summed E-state index contributed by atoms with van der Waals surface area (Å²) in [6.45, 7) is 6.19. The van der Waals surface area contributed by atoms with Gasteiger partial charge < -0.3 is 10.1 Å². The lowest BCUT2D eigenvalue weighted by Gasteiger charge is -2.04. The van der Waals surface area contributed by atoms with Gasteiger partial charge in [-0.25, -0.2) is 0 Å². The molecule has 0 bridgehead atoms. The van der Waals surface area contributed by atoms with E-state index in [1.165, 1.54) is 7.11 Å². The maximum absolute atomic E-state index is 10.7. The van der Waals surface area contributed by atoms with E-state index in [9.17, 15) is 4.79 Å². The second-order valence-corrected chi connectivity index (χ2v) is 2.58. The summed E-state index contributed by atoms with van der Waals surface area (Å²) in [7, 11) is 1.42. The molecule has 3 nitrogen and oxygen atoms in total. The monoisotopic (exact) mass is 171 g/mol. The van der Waals surface area contributed by atoms with Crippen molar-refractivity contribution in [1.29, 1.82) is 0 Å². The average Bonchev–Trinajstić information content (AvgIpc) is 2.56. The van der Waals surface area contributed by atoms with Gasteiger partial charge in [-0.15, -0.1) is 6.58 Å². The lowest BCUT2D eigenvalue weighted by molar-refractivity contribution is -0.142. The average molecular weight is 171 g/mol. The van der Waals surface area contributed by atoms with E-state index in [1.54, 1.807) is 6.08 Å². The van der Waals surface area contributed by atoms with Gasteiger partial charge in [-0.3, -0.25) is 4.79 Å². The number of rotatable bonds is 1. The largest absolute Gasteiger partial charge is 0.468 e. The van der Waals surface area contributed by atoms with Crippen LogP contribution in [0.2, 0.25) is 0 Å². The molecule has 1 saturated heterocycles. The van der Waals surface area contributed by atoms with Gasteiger partial charge in [-0.2, -0.15) is 0 Å².